The molecule has 0 aromatic carbocycles. The first-order chi connectivity index (χ1) is 12.5. The lowest BCUT2D eigenvalue weighted by atomic mass is 10.1. The topological polar surface area (TPSA) is 83.6 Å². The van der Waals surface area contributed by atoms with E-state index in [2.05, 4.69) is 35.4 Å². The van der Waals surface area contributed by atoms with Crippen molar-refractivity contribution in [3.05, 3.63) is 21.8 Å². The number of carbonyl (C=O) groups is 1. The molecule has 1 aliphatic carbocycles. The average molecular weight is 390 g/mol. The van der Waals surface area contributed by atoms with Gasteiger partial charge in [-0.1, -0.05) is 32.0 Å². The predicted octanol–water partition coefficient (Wildman–Crippen LogP) is 3.87. The minimum Gasteiger partial charge on any atom is -0.316 e. The summed E-state index contributed by atoms with van der Waals surface area (Å²) in [7, 11) is 1.92. The lowest BCUT2D eigenvalue weighted by Gasteiger charge is -2.06. The van der Waals surface area contributed by atoms with Crippen molar-refractivity contribution in [2.75, 3.05) is 11.1 Å². The standard InChI is InChI=1S/C18H23N5OS2/c1-11(2)16-21-22-18(23(16)3)25-10-15(24)20-17-13(9-19)12-7-5-4-6-8-14(12)26-17/h11H,4-8,10H2,1-3H3,(H,20,24). The Morgan fingerprint density at radius 3 is 2.81 bits per heavy atom. The van der Waals surface area contributed by atoms with Gasteiger partial charge in [-0.3, -0.25) is 4.79 Å². The quantitative estimate of drug-likeness (QED) is 0.620. The van der Waals surface area contributed by atoms with Crippen LogP contribution in [-0.2, 0) is 24.7 Å². The molecule has 2 heterocycles. The Labute approximate surface area is 162 Å². The van der Waals surface area contributed by atoms with Crippen LogP contribution < -0.4 is 5.32 Å². The van der Waals surface area contributed by atoms with Gasteiger partial charge >= 0.3 is 0 Å². The Balaban J connectivity index is 1.66. The number of aryl methyl sites for hydroxylation is 1. The first-order valence-electron chi connectivity index (χ1n) is 8.87. The Morgan fingerprint density at radius 1 is 1.35 bits per heavy atom. The molecule has 1 N–H and O–H groups in total. The molecule has 1 amide bonds. The van der Waals surface area contributed by atoms with E-state index < -0.39 is 0 Å². The second kappa shape index (κ2) is 8.23. The predicted molar refractivity (Wildman–Crippen MR) is 105 cm³/mol. The highest BCUT2D eigenvalue weighted by molar-refractivity contribution is 7.99. The number of rotatable bonds is 5. The molecule has 0 fully saturated rings. The number of anilines is 1. The van der Waals surface area contributed by atoms with Crippen LogP contribution in [0.5, 0.6) is 0 Å². The van der Waals surface area contributed by atoms with E-state index in [1.807, 2.05) is 11.6 Å². The van der Waals surface area contributed by atoms with Crippen LogP contribution >= 0.6 is 23.1 Å². The fraction of sp³-hybridized carbons (Fsp3) is 0.556. The molecule has 0 saturated carbocycles. The molecule has 138 valence electrons. The van der Waals surface area contributed by atoms with Crippen molar-refractivity contribution >= 4 is 34.0 Å². The smallest absolute Gasteiger partial charge is 0.235 e. The third kappa shape index (κ3) is 3.94. The van der Waals surface area contributed by atoms with Gasteiger partial charge in [0.25, 0.3) is 0 Å². The zero-order chi connectivity index (χ0) is 18.7. The molecule has 0 atom stereocenters. The van der Waals surface area contributed by atoms with Gasteiger partial charge in [-0.25, -0.2) is 0 Å². The van der Waals surface area contributed by atoms with Crippen molar-refractivity contribution in [2.24, 2.45) is 7.05 Å². The van der Waals surface area contributed by atoms with Gasteiger partial charge in [0.15, 0.2) is 5.16 Å². The fourth-order valence-corrected chi connectivity index (χ4v) is 5.17. The van der Waals surface area contributed by atoms with Gasteiger partial charge in [-0.05, 0) is 31.2 Å². The molecule has 8 heteroatoms. The summed E-state index contributed by atoms with van der Waals surface area (Å²) < 4.78 is 1.93. The molecule has 2 aromatic rings. The summed E-state index contributed by atoms with van der Waals surface area (Å²) in [6.45, 7) is 4.13. The molecule has 0 aliphatic heterocycles. The van der Waals surface area contributed by atoms with E-state index in [9.17, 15) is 10.1 Å². The molecule has 0 spiro atoms. The van der Waals surface area contributed by atoms with Crippen LogP contribution in [-0.4, -0.2) is 26.4 Å². The SMILES string of the molecule is CC(C)c1nnc(SCC(=O)Nc2sc3c(c2C#N)CCCCC3)n1C. The van der Waals surface area contributed by atoms with E-state index in [1.54, 1.807) is 11.3 Å². The molecule has 3 rings (SSSR count). The summed E-state index contributed by atoms with van der Waals surface area (Å²) in [5, 5.41) is 22.2. The van der Waals surface area contributed by atoms with Gasteiger partial charge in [0.05, 0.1) is 11.3 Å². The van der Waals surface area contributed by atoms with E-state index in [1.165, 1.54) is 23.1 Å². The summed E-state index contributed by atoms with van der Waals surface area (Å²) in [5.74, 6) is 1.33. The minimum absolute atomic E-state index is 0.114. The van der Waals surface area contributed by atoms with E-state index in [4.69, 9.17) is 0 Å². The van der Waals surface area contributed by atoms with Crippen molar-refractivity contribution in [2.45, 2.75) is 57.0 Å². The summed E-state index contributed by atoms with van der Waals surface area (Å²) in [6, 6.07) is 2.30. The van der Waals surface area contributed by atoms with Crippen LogP contribution in [0.1, 0.15) is 60.9 Å². The van der Waals surface area contributed by atoms with Gasteiger partial charge in [-0.2, -0.15) is 5.26 Å². The first kappa shape index (κ1) is 18.9. The molecule has 1 aliphatic rings. The monoisotopic (exact) mass is 389 g/mol. The average Bonchev–Trinajstić information content (AvgIpc) is 3.04. The lowest BCUT2D eigenvalue weighted by Crippen LogP contribution is -2.14. The number of fused-ring (bicyclic) bond motifs is 1. The Bertz CT molecular complexity index is 847. The van der Waals surface area contributed by atoms with Gasteiger partial charge in [-0.15, -0.1) is 21.5 Å². The van der Waals surface area contributed by atoms with Crippen LogP contribution in [0.15, 0.2) is 5.16 Å². The highest BCUT2D eigenvalue weighted by Crippen LogP contribution is 2.37. The number of nitrogens with zero attached hydrogens (tertiary/aromatic N) is 4. The van der Waals surface area contributed by atoms with Crippen LogP contribution in [0.2, 0.25) is 0 Å². The van der Waals surface area contributed by atoms with E-state index in [-0.39, 0.29) is 17.6 Å². The third-order valence-electron chi connectivity index (χ3n) is 4.50. The molecule has 0 bridgehead atoms. The largest absolute Gasteiger partial charge is 0.316 e. The minimum atomic E-state index is -0.114. The van der Waals surface area contributed by atoms with Crippen molar-refractivity contribution in [1.29, 1.82) is 5.26 Å². The maximum absolute atomic E-state index is 12.4. The zero-order valence-electron chi connectivity index (χ0n) is 15.3. The number of nitriles is 1. The van der Waals surface area contributed by atoms with Crippen LogP contribution in [0, 0.1) is 11.3 Å². The summed E-state index contributed by atoms with van der Waals surface area (Å²) >= 11 is 2.93. The van der Waals surface area contributed by atoms with Crippen molar-refractivity contribution in [3.8, 4) is 6.07 Å². The molecule has 0 unspecified atom stereocenters. The van der Waals surface area contributed by atoms with Crippen LogP contribution in [0.25, 0.3) is 0 Å². The second-order valence-electron chi connectivity index (χ2n) is 6.77. The number of amides is 1. The maximum atomic E-state index is 12.4. The summed E-state index contributed by atoms with van der Waals surface area (Å²) in [4.78, 5) is 13.7. The highest BCUT2D eigenvalue weighted by Gasteiger charge is 2.21. The molecule has 26 heavy (non-hydrogen) atoms. The Kier molecular flexibility index (Phi) is 5.99. The van der Waals surface area contributed by atoms with Crippen molar-refractivity contribution in [3.63, 3.8) is 0 Å². The number of thiophene rings is 1. The number of nitrogens with one attached hydrogen (secondary N) is 1. The molecule has 6 nitrogen and oxygen atoms in total. The Hall–Kier alpha value is -1.85. The summed E-state index contributed by atoms with van der Waals surface area (Å²) in [6.07, 6.45) is 5.44. The molecular formula is C18H23N5OS2. The molecule has 2 aromatic heterocycles. The van der Waals surface area contributed by atoms with E-state index in [0.29, 0.717) is 10.6 Å². The fourth-order valence-electron chi connectivity index (χ4n) is 3.20. The number of hydrogen-bond donors (Lipinski definition) is 1. The van der Waals surface area contributed by atoms with Crippen LogP contribution in [0.3, 0.4) is 0 Å². The van der Waals surface area contributed by atoms with Crippen molar-refractivity contribution in [1.82, 2.24) is 14.8 Å². The highest BCUT2D eigenvalue weighted by atomic mass is 32.2. The lowest BCUT2D eigenvalue weighted by molar-refractivity contribution is -0.113. The van der Waals surface area contributed by atoms with E-state index in [0.717, 1.165) is 42.2 Å². The van der Waals surface area contributed by atoms with Gasteiger partial charge < -0.3 is 9.88 Å². The number of aromatic nitrogens is 3. The summed E-state index contributed by atoms with van der Waals surface area (Å²) in [5.41, 5.74) is 1.80. The van der Waals surface area contributed by atoms with Gasteiger partial charge in [0, 0.05) is 17.8 Å². The third-order valence-corrected chi connectivity index (χ3v) is 6.73. The Morgan fingerprint density at radius 2 is 2.12 bits per heavy atom. The van der Waals surface area contributed by atoms with E-state index >= 15 is 0 Å². The normalized spacial score (nSPS) is 14.0. The molecule has 0 radical (unpaired) electrons. The second-order valence-corrected chi connectivity index (χ2v) is 8.82. The molecular weight excluding hydrogens is 366 g/mol. The number of carbonyl (C=O) groups excluding carboxylic acids is 1. The zero-order valence-corrected chi connectivity index (χ0v) is 17.0. The van der Waals surface area contributed by atoms with Crippen molar-refractivity contribution < 1.29 is 4.79 Å². The maximum Gasteiger partial charge on any atom is 0.235 e. The first-order valence-corrected chi connectivity index (χ1v) is 10.7. The number of thioether (sulfide) groups is 1. The van der Waals surface area contributed by atoms with Crippen LogP contribution in [0.4, 0.5) is 5.00 Å². The van der Waals surface area contributed by atoms with Gasteiger partial charge in [0.2, 0.25) is 5.91 Å². The number of hydrogen-bond acceptors (Lipinski definition) is 6. The molecule has 0 saturated heterocycles. The van der Waals surface area contributed by atoms with Gasteiger partial charge in [0.1, 0.15) is 16.9 Å².